The lowest BCUT2D eigenvalue weighted by atomic mass is 9.72. The van der Waals surface area contributed by atoms with E-state index in [1.807, 2.05) is 11.2 Å². The summed E-state index contributed by atoms with van der Waals surface area (Å²) < 4.78 is 2.13. The summed E-state index contributed by atoms with van der Waals surface area (Å²) in [5.41, 5.74) is 1.76. The van der Waals surface area contributed by atoms with Gasteiger partial charge in [-0.05, 0) is 62.0 Å². The van der Waals surface area contributed by atoms with E-state index in [-0.39, 0.29) is 5.91 Å². The molecule has 0 aromatic carbocycles. The van der Waals surface area contributed by atoms with Gasteiger partial charge in [0.15, 0.2) is 0 Å². The average Bonchev–Trinajstić information content (AvgIpc) is 3.32. The van der Waals surface area contributed by atoms with Crippen molar-refractivity contribution in [3.05, 3.63) is 33.5 Å². The zero-order valence-electron chi connectivity index (χ0n) is 17.6. The van der Waals surface area contributed by atoms with Crippen LogP contribution in [0.2, 0.25) is 0 Å². The van der Waals surface area contributed by atoms with E-state index in [4.69, 9.17) is 0 Å². The molecule has 1 atom stereocenters. The molecule has 3 heterocycles. The summed E-state index contributed by atoms with van der Waals surface area (Å²) in [6.07, 6.45) is 7.26. The normalized spacial score (nSPS) is 21.0. The van der Waals surface area contributed by atoms with Gasteiger partial charge < -0.3 is 9.47 Å². The number of amides is 1. The van der Waals surface area contributed by atoms with Gasteiger partial charge in [-0.15, -0.1) is 21.5 Å². The Bertz CT molecular complexity index is 839. The zero-order valence-corrected chi connectivity index (χ0v) is 18.4. The third-order valence-corrected chi connectivity index (χ3v) is 7.88. The largest absolute Gasteiger partial charge is 0.338 e. The number of aryl methyl sites for hydroxylation is 2. The molecule has 1 fully saturated rings. The Balaban J connectivity index is 1.41. The molecule has 6 heteroatoms. The van der Waals surface area contributed by atoms with Crippen LogP contribution in [0.4, 0.5) is 0 Å². The molecule has 2 aromatic heterocycles. The predicted octanol–water partition coefficient (Wildman–Crippen LogP) is 4.53. The first-order valence-electron chi connectivity index (χ1n) is 10.7. The van der Waals surface area contributed by atoms with E-state index in [0.717, 1.165) is 56.0 Å². The Morgan fingerprint density at radius 3 is 2.68 bits per heavy atom. The lowest BCUT2D eigenvalue weighted by Crippen LogP contribution is -2.38. The molecule has 28 heavy (non-hydrogen) atoms. The van der Waals surface area contributed by atoms with Crippen molar-refractivity contribution in [2.24, 2.45) is 11.3 Å². The number of thiophene rings is 1. The van der Waals surface area contributed by atoms with Crippen molar-refractivity contribution in [2.75, 3.05) is 13.1 Å². The Hall–Kier alpha value is -1.69. The van der Waals surface area contributed by atoms with E-state index < -0.39 is 0 Å². The van der Waals surface area contributed by atoms with Crippen LogP contribution in [-0.2, 0) is 19.4 Å². The molecule has 5 nitrogen and oxygen atoms in total. The number of hydrogen-bond acceptors (Lipinski definition) is 4. The maximum atomic E-state index is 13.1. The van der Waals surface area contributed by atoms with Crippen LogP contribution >= 0.6 is 11.3 Å². The first-order chi connectivity index (χ1) is 13.4. The third kappa shape index (κ3) is 3.76. The van der Waals surface area contributed by atoms with Crippen molar-refractivity contribution >= 4 is 17.2 Å². The van der Waals surface area contributed by atoms with Crippen molar-refractivity contribution in [3.8, 4) is 0 Å². The molecule has 1 aliphatic carbocycles. The van der Waals surface area contributed by atoms with Gasteiger partial charge in [0, 0.05) is 30.4 Å². The van der Waals surface area contributed by atoms with Crippen molar-refractivity contribution in [2.45, 2.75) is 72.3 Å². The van der Waals surface area contributed by atoms with Crippen LogP contribution in [-0.4, -0.2) is 38.7 Å². The minimum absolute atomic E-state index is 0.224. The quantitative estimate of drug-likeness (QED) is 0.760. The molecule has 0 bridgehead atoms. The van der Waals surface area contributed by atoms with Crippen molar-refractivity contribution in [1.29, 1.82) is 0 Å². The zero-order chi connectivity index (χ0) is 19.9. The highest BCUT2D eigenvalue weighted by atomic mass is 32.1. The number of rotatable bonds is 3. The van der Waals surface area contributed by atoms with Crippen molar-refractivity contribution in [1.82, 2.24) is 19.7 Å². The van der Waals surface area contributed by atoms with Crippen LogP contribution in [0.15, 0.2) is 12.4 Å². The van der Waals surface area contributed by atoms with E-state index in [0.29, 0.717) is 17.3 Å². The fraction of sp³-hybridized carbons (Fsp3) is 0.682. The van der Waals surface area contributed by atoms with Crippen molar-refractivity contribution < 1.29 is 4.79 Å². The summed E-state index contributed by atoms with van der Waals surface area (Å²) in [6.45, 7) is 11.7. The summed E-state index contributed by atoms with van der Waals surface area (Å²) >= 11 is 1.74. The fourth-order valence-electron chi connectivity index (χ4n) is 4.69. The fourth-order valence-corrected chi connectivity index (χ4v) is 5.86. The standard InChI is InChI=1S/C22H32N4OS/c1-5-25-14-23-24-20(25)15-8-10-26(11-9-15)21(27)19-13-16-12-17(22(2,3)4)6-7-18(16)28-19/h13-15,17H,5-12H2,1-4H3/t17-/m1/s1. The second-order valence-corrected chi connectivity index (χ2v) is 10.5. The summed E-state index contributed by atoms with van der Waals surface area (Å²) in [4.78, 5) is 17.5. The van der Waals surface area contributed by atoms with Gasteiger partial charge in [-0.25, -0.2) is 0 Å². The van der Waals surface area contributed by atoms with Gasteiger partial charge in [0.05, 0.1) is 4.88 Å². The molecular weight excluding hydrogens is 368 g/mol. The third-order valence-electron chi connectivity index (χ3n) is 6.65. The molecule has 4 rings (SSSR count). The highest BCUT2D eigenvalue weighted by Crippen LogP contribution is 2.40. The molecule has 2 aliphatic rings. The van der Waals surface area contributed by atoms with Crippen LogP contribution in [0.3, 0.4) is 0 Å². The molecular formula is C22H32N4OS. The van der Waals surface area contributed by atoms with Gasteiger partial charge in [-0.3, -0.25) is 4.79 Å². The van der Waals surface area contributed by atoms with E-state index in [1.165, 1.54) is 16.9 Å². The Morgan fingerprint density at radius 2 is 2.00 bits per heavy atom. The maximum absolute atomic E-state index is 13.1. The molecule has 0 radical (unpaired) electrons. The molecule has 2 aromatic rings. The van der Waals surface area contributed by atoms with Gasteiger partial charge in [-0.2, -0.15) is 0 Å². The molecule has 0 spiro atoms. The maximum Gasteiger partial charge on any atom is 0.263 e. The summed E-state index contributed by atoms with van der Waals surface area (Å²) in [5, 5.41) is 8.39. The highest BCUT2D eigenvalue weighted by molar-refractivity contribution is 7.14. The summed E-state index contributed by atoms with van der Waals surface area (Å²) in [5.74, 6) is 2.43. The van der Waals surface area contributed by atoms with Crippen LogP contribution < -0.4 is 0 Å². The van der Waals surface area contributed by atoms with Gasteiger partial charge >= 0.3 is 0 Å². The Labute approximate surface area is 172 Å². The summed E-state index contributed by atoms with van der Waals surface area (Å²) in [6, 6.07) is 2.19. The average molecular weight is 401 g/mol. The topological polar surface area (TPSA) is 51.0 Å². The molecule has 152 valence electrons. The molecule has 0 saturated carbocycles. The van der Waals surface area contributed by atoms with Gasteiger partial charge in [0.1, 0.15) is 12.2 Å². The SMILES string of the molecule is CCn1cnnc1C1CCN(C(=O)c2cc3c(s2)CC[C@@H](C(C)(C)C)C3)CC1. The van der Waals surface area contributed by atoms with Gasteiger partial charge in [0.2, 0.25) is 0 Å². The van der Waals surface area contributed by atoms with Crippen LogP contribution in [0.25, 0.3) is 0 Å². The smallest absolute Gasteiger partial charge is 0.263 e. The lowest BCUT2D eigenvalue weighted by Gasteiger charge is -2.33. The van der Waals surface area contributed by atoms with Crippen LogP contribution in [0.1, 0.15) is 78.8 Å². The molecule has 1 saturated heterocycles. The van der Waals surface area contributed by atoms with Gasteiger partial charge in [-0.1, -0.05) is 20.8 Å². The molecule has 1 amide bonds. The number of likely N-dealkylation sites (tertiary alicyclic amines) is 1. The second-order valence-electron chi connectivity index (χ2n) is 9.41. The van der Waals surface area contributed by atoms with E-state index in [2.05, 4.69) is 48.5 Å². The minimum Gasteiger partial charge on any atom is -0.338 e. The van der Waals surface area contributed by atoms with Crippen LogP contribution in [0.5, 0.6) is 0 Å². The number of piperidine rings is 1. The van der Waals surface area contributed by atoms with E-state index in [1.54, 1.807) is 11.3 Å². The van der Waals surface area contributed by atoms with Crippen molar-refractivity contribution in [3.63, 3.8) is 0 Å². The molecule has 0 N–H and O–H groups in total. The molecule has 1 aliphatic heterocycles. The number of carbonyl (C=O) groups excluding carboxylic acids is 1. The monoisotopic (exact) mass is 400 g/mol. The number of nitrogens with zero attached hydrogens (tertiary/aromatic N) is 4. The summed E-state index contributed by atoms with van der Waals surface area (Å²) in [7, 11) is 0. The Kier molecular flexibility index (Phi) is 5.34. The lowest BCUT2D eigenvalue weighted by molar-refractivity contribution is 0.0715. The number of hydrogen-bond donors (Lipinski definition) is 0. The van der Waals surface area contributed by atoms with E-state index >= 15 is 0 Å². The highest BCUT2D eigenvalue weighted by Gasteiger charge is 2.32. The van der Waals surface area contributed by atoms with Gasteiger partial charge in [0.25, 0.3) is 5.91 Å². The number of fused-ring (bicyclic) bond motifs is 1. The first-order valence-corrected chi connectivity index (χ1v) is 11.5. The van der Waals surface area contributed by atoms with E-state index in [9.17, 15) is 4.79 Å². The first kappa shape index (κ1) is 19.6. The minimum atomic E-state index is 0.224. The predicted molar refractivity (Wildman–Crippen MR) is 113 cm³/mol. The second kappa shape index (κ2) is 7.62. The molecule has 0 unspecified atom stereocenters. The number of carbonyl (C=O) groups is 1. The van der Waals surface area contributed by atoms with Crippen LogP contribution in [0, 0.1) is 11.3 Å². The number of aromatic nitrogens is 3. The Morgan fingerprint density at radius 1 is 1.25 bits per heavy atom.